The molecule has 1 rings (SSSR count). The third-order valence-electron chi connectivity index (χ3n) is 1.82. The van der Waals surface area contributed by atoms with E-state index in [-0.39, 0.29) is 10.9 Å². The van der Waals surface area contributed by atoms with Gasteiger partial charge in [-0.3, -0.25) is 0 Å². The highest BCUT2D eigenvalue weighted by Crippen LogP contribution is 2.24. The fourth-order valence-corrected chi connectivity index (χ4v) is 1.44. The van der Waals surface area contributed by atoms with Crippen LogP contribution in [0.1, 0.15) is 40.5 Å². The van der Waals surface area contributed by atoms with Crippen molar-refractivity contribution in [1.29, 1.82) is 0 Å². The molecule has 0 heterocycles. The molecule has 14 heavy (non-hydrogen) atoms. The molecular formula is C10H19NO2S. The van der Waals surface area contributed by atoms with Crippen molar-refractivity contribution < 1.29 is 9.29 Å². The molecule has 1 saturated carbocycles. The van der Waals surface area contributed by atoms with Crippen molar-refractivity contribution in [1.82, 2.24) is 0 Å². The zero-order valence-electron chi connectivity index (χ0n) is 9.32. The Morgan fingerprint density at radius 1 is 1.50 bits per heavy atom. The van der Waals surface area contributed by atoms with Crippen molar-refractivity contribution >= 4 is 17.6 Å². The summed E-state index contributed by atoms with van der Waals surface area (Å²) in [6.45, 7) is 7.66. The van der Waals surface area contributed by atoms with E-state index in [2.05, 4.69) is 4.40 Å². The van der Waals surface area contributed by atoms with Crippen LogP contribution in [0.25, 0.3) is 0 Å². The Hall–Kier alpha value is -0.0600. The van der Waals surface area contributed by atoms with Crippen LogP contribution in [0.2, 0.25) is 0 Å². The molecule has 0 radical (unpaired) electrons. The van der Waals surface area contributed by atoms with E-state index in [1.807, 2.05) is 27.7 Å². The Balaban J connectivity index is 2.29. The summed E-state index contributed by atoms with van der Waals surface area (Å²) in [6, 6.07) is 0. The summed E-state index contributed by atoms with van der Waals surface area (Å²) in [6.07, 6.45) is 4.36. The normalized spacial score (nSPS) is 22.6. The first-order chi connectivity index (χ1) is 6.39. The summed E-state index contributed by atoms with van der Waals surface area (Å²) in [7, 11) is 0. The van der Waals surface area contributed by atoms with Gasteiger partial charge in [-0.2, -0.15) is 0 Å². The molecular weight excluding hydrogens is 198 g/mol. The molecule has 4 heteroatoms. The number of nitrogens with zero attached hydrogens (tertiary/aromatic N) is 1. The third kappa shape index (κ3) is 4.44. The fraction of sp³-hybridized carbons (Fsp3) is 0.900. The molecule has 0 N–H and O–H groups in total. The quantitative estimate of drug-likeness (QED) is 0.534. The van der Waals surface area contributed by atoms with Crippen LogP contribution in [0.4, 0.5) is 0 Å². The van der Waals surface area contributed by atoms with Crippen molar-refractivity contribution in [2.75, 3.05) is 0 Å². The molecule has 1 aliphatic rings. The molecule has 0 aliphatic heterocycles. The fourth-order valence-electron chi connectivity index (χ4n) is 0.842. The number of hydrogen-bond acceptors (Lipinski definition) is 3. The summed E-state index contributed by atoms with van der Waals surface area (Å²) in [4.78, 5) is 0. The average molecular weight is 217 g/mol. The van der Waals surface area contributed by atoms with Gasteiger partial charge in [-0.05, 0) is 40.5 Å². The van der Waals surface area contributed by atoms with Gasteiger partial charge in [-0.25, -0.2) is 0 Å². The maximum absolute atomic E-state index is 11.5. The van der Waals surface area contributed by atoms with Gasteiger partial charge in [0, 0.05) is 0 Å². The summed E-state index contributed by atoms with van der Waals surface area (Å²) < 4.78 is 20.8. The van der Waals surface area contributed by atoms with Crippen LogP contribution >= 0.6 is 0 Å². The highest BCUT2D eigenvalue weighted by Gasteiger charge is 2.27. The smallest absolute Gasteiger partial charge is 0.144 e. The van der Waals surface area contributed by atoms with Gasteiger partial charge >= 0.3 is 0 Å². The highest BCUT2D eigenvalue weighted by molar-refractivity contribution is 7.91. The lowest BCUT2D eigenvalue weighted by molar-refractivity contribution is 0.0982. The van der Waals surface area contributed by atoms with Gasteiger partial charge in [0.1, 0.15) is 16.1 Å². The van der Waals surface area contributed by atoms with Gasteiger partial charge in [0.2, 0.25) is 0 Å². The topological polar surface area (TPSA) is 44.7 Å². The van der Waals surface area contributed by atoms with E-state index in [0.717, 1.165) is 12.8 Å². The molecule has 0 aromatic carbocycles. The minimum Gasteiger partial charge on any atom is -0.591 e. The minimum atomic E-state index is -1.16. The Kier molecular flexibility index (Phi) is 3.98. The van der Waals surface area contributed by atoms with E-state index in [1.54, 1.807) is 6.21 Å². The maximum atomic E-state index is 11.5. The second-order valence-corrected chi connectivity index (χ2v) is 6.59. The summed E-state index contributed by atoms with van der Waals surface area (Å²) >= 11 is -1.16. The zero-order valence-corrected chi connectivity index (χ0v) is 10.1. The lowest BCUT2D eigenvalue weighted by Gasteiger charge is -2.18. The predicted octanol–water partition coefficient (Wildman–Crippen LogP) is 2.09. The van der Waals surface area contributed by atoms with E-state index in [0.29, 0.717) is 6.10 Å². The molecule has 0 saturated heterocycles. The molecule has 0 aromatic heterocycles. The van der Waals surface area contributed by atoms with Gasteiger partial charge in [0.25, 0.3) is 0 Å². The van der Waals surface area contributed by atoms with Gasteiger partial charge in [0.05, 0.1) is 18.4 Å². The van der Waals surface area contributed by atoms with Gasteiger partial charge in [-0.1, -0.05) is 4.40 Å². The molecule has 1 aliphatic carbocycles. The van der Waals surface area contributed by atoms with E-state index in [4.69, 9.17) is 4.74 Å². The van der Waals surface area contributed by atoms with Crippen LogP contribution in [0.3, 0.4) is 0 Å². The molecule has 3 nitrogen and oxygen atoms in total. The predicted molar refractivity (Wildman–Crippen MR) is 60.0 cm³/mol. The molecule has 0 bridgehead atoms. The van der Waals surface area contributed by atoms with Crippen LogP contribution < -0.4 is 0 Å². The van der Waals surface area contributed by atoms with Crippen LogP contribution in [-0.2, 0) is 16.1 Å². The van der Waals surface area contributed by atoms with Crippen molar-refractivity contribution in [2.24, 2.45) is 4.40 Å². The van der Waals surface area contributed by atoms with Crippen LogP contribution in [0, 0.1) is 0 Å². The molecule has 0 amide bonds. The molecule has 0 unspecified atom stereocenters. The monoisotopic (exact) mass is 217 g/mol. The minimum absolute atomic E-state index is 0.0196. The van der Waals surface area contributed by atoms with Crippen molar-refractivity contribution in [3.05, 3.63) is 0 Å². The summed E-state index contributed by atoms with van der Waals surface area (Å²) in [5, 5.41) is 0. The zero-order chi connectivity index (χ0) is 10.8. The number of rotatable bonds is 4. The van der Waals surface area contributed by atoms with Gasteiger partial charge in [0.15, 0.2) is 0 Å². The van der Waals surface area contributed by atoms with Crippen LogP contribution in [0.15, 0.2) is 4.40 Å². The Morgan fingerprint density at radius 3 is 2.50 bits per heavy atom. The number of ether oxygens (including phenoxy) is 1. The van der Waals surface area contributed by atoms with E-state index >= 15 is 0 Å². The molecule has 0 aromatic rings. The lowest BCUT2D eigenvalue weighted by Crippen LogP contribution is -2.26. The maximum Gasteiger partial charge on any atom is 0.144 e. The first-order valence-electron chi connectivity index (χ1n) is 5.01. The molecule has 2 atom stereocenters. The first-order valence-corrected chi connectivity index (χ1v) is 6.12. The summed E-state index contributed by atoms with van der Waals surface area (Å²) in [5.74, 6) is 0. The van der Waals surface area contributed by atoms with Crippen LogP contribution in [-0.4, -0.2) is 27.7 Å². The lowest BCUT2D eigenvalue weighted by atomic mass is 10.3. The van der Waals surface area contributed by atoms with E-state index < -0.39 is 11.4 Å². The largest absolute Gasteiger partial charge is 0.591 e. The van der Waals surface area contributed by atoms with E-state index in [9.17, 15) is 4.55 Å². The number of hydrogen-bond donors (Lipinski definition) is 0. The second-order valence-electron chi connectivity index (χ2n) is 4.66. The highest BCUT2D eigenvalue weighted by atomic mass is 32.2. The summed E-state index contributed by atoms with van der Waals surface area (Å²) in [5.41, 5.74) is 0. The Morgan fingerprint density at radius 2 is 2.07 bits per heavy atom. The average Bonchev–Trinajstić information content (AvgIpc) is 2.82. The Labute approximate surface area is 89.3 Å². The van der Waals surface area contributed by atoms with Crippen molar-refractivity contribution in [3.8, 4) is 0 Å². The second kappa shape index (κ2) is 4.64. The van der Waals surface area contributed by atoms with Gasteiger partial charge in [-0.15, -0.1) is 0 Å². The van der Waals surface area contributed by atoms with Crippen LogP contribution in [0.5, 0.6) is 0 Å². The van der Waals surface area contributed by atoms with Gasteiger partial charge < -0.3 is 9.29 Å². The first kappa shape index (κ1) is 12.0. The third-order valence-corrected chi connectivity index (χ3v) is 3.18. The molecule has 1 fully saturated rings. The molecule has 0 spiro atoms. The molecule has 82 valence electrons. The van der Waals surface area contributed by atoms with E-state index in [1.165, 1.54) is 0 Å². The SMILES string of the molecule is C[C@H](/C=N/[S@+]([O-])C(C)(C)C)OC1CC1. The van der Waals surface area contributed by atoms with Crippen molar-refractivity contribution in [2.45, 2.75) is 57.5 Å². The van der Waals surface area contributed by atoms with Crippen molar-refractivity contribution in [3.63, 3.8) is 0 Å². The Bertz CT molecular complexity index is 209. The standard InChI is InChI=1S/C10H19NO2S/c1-8(13-9-5-6-9)7-11-14(12)10(2,3)4/h7-9H,5-6H2,1-4H3/b11-7+/t8-,14-/m1/s1.